The molecule has 2 aromatic carbocycles. The molecule has 0 aliphatic rings. The lowest BCUT2D eigenvalue weighted by atomic mass is 10.3. The van der Waals surface area contributed by atoms with Crippen LogP contribution in [0.3, 0.4) is 0 Å². The summed E-state index contributed by atoms with van der Waals surface area (Å²) >= 11 is 3.11. The Morgan fingerprint density at radius 2 is 1.97 bits per heavy atom. The van der Waals surface area contributed by atoms with Crippen molar-refractivity contribution in [1.29, 1.82) is 0 Å². The number of carbonyl (C=O) groups is 1. The molecule has 10 heteroatoms. The van der Waals surface area contributed by atoms with Gasteiger partial charge in [-0.15, -0.1) is 11.3 Å². The molecule has 0 spiro atoms. The van der Waals surface area contributed by atoms with E-state index in [0.29, 0.717) is 23.3 Å². The van der Waals surface area contributed by atoms with Crippen molar-refractivity contribution in [2.45, 2.75) is 4.90 Å². The van der Waals surface area contributed by atoms with Crippen LogP contribution in [0, 0.1) is 0 Å². The van der Waals surface area contributed by atoms with E-state index in [1.165, 1.54) is 17.4 Å². The minimum absolute atomic E-state index is 0.287. The normalized spacial score (nSPS) is 10.9. The van der Waals surface area contributed by atoms with Gasteiger partial charge in [0.15, 0.2) is 0 Å². The van der Waals surface area contributed by atoms with Gasteiger partial charge in [0, 0.05) is 35.4 Å². The summed E-state index contributed by atoms with van der Waals surface area (Å²) in [7, 11) is 4.11. The molecule has 180 valence electrons. The molecule has 0 atom stereocenters. The van der Waals surface area contributed by atoms with Crippen LogP contribution in [0.15, 0.2) is 77.5 Å². The summed E-state index contributed by atoms with van der Waals surface area (Å²) in [4.78, 5) is 24.1. The Labute approximate surface area is 212 Å². The minimum atomic E-state index is -0.287. The molecule has 0 unspecified atom stereocenters. The van der Waals surface area contributed by atoms with Crippen LogP contribution in [-0.4, -0.2) is 48.0 Å². The molecule has 8 nitrogen and oxygen atoms in total. The fraction of sp³-hybridized carbons (Fsp3) is 0.160. The van der Waals surface area contributed by atoms with Crippen molar-refractivity contribution in [2.75, 3.05) is 37.8 Å². The maximum absolute atomic E-state index is 11.6. The fourth-order valence-electron chi connectivity index (χ4n) is 3.04. The van der Waals surface area contributed by atoms with Gasteiger partial charge in [0.05, 0.1) is 5.52 Å². The molecule has 0 saturated carbocycles. The summed E-state index contributed by atoms with van der Waals surface area (Å²) in [6.45, 7) is 5.36. The molecule has 1 amide bonds. The number of hydrogen-bond donors (Lipinski definition) is 3. The largest absolute Gasteiger partial charge is 0.437 e. The van der Waals surface area contributed by atoms with Crippen molar-refractivity contribution in [2.24, 2.45) is 0 Å². The van der Waals surface area contributed by atoms with Crippen molar-refractivity contribution in [1.82, 2.24) is 19.6 Å². The number of nitrogens with zero attached hydrogens (tertiary/aromatic N) is 3. The first-order valence-electron chi connectivity index (χ1n) is 10.9. The number of ether oxygens (including phenoxy) is 1. The van der Waals surface area contributed by atoms with Gasteiger partial charge in [-0.3, -0.25) is 9.52 Å². The lowest BCUT2D eigenvalue weighted by Crippen LogP contribution is -2.22. The van der Waals surface area contributed by atoms with E-state index in [4.69, 9.17) is 4.74 Å². The predicted octanol–water partition coefficient (Wildman–Crippen LogP) is 5.51. The van der Waals surface area contributed by atoms with Crippen molar-refractivity contribution >= 4 is 56.7 Å². The lowest BCUT2D eigenvalue weighted by molar-refractivity contribution is -0.111. The zero-order valence-corrected chi connectivity index (χ0v) is 21.1. The van der Waals surface area contributed by atoms with Gasteiger partial charge in [-0.2, -0.15) is 4.98 Å². The Balaban J connectivity index is 1.47. The van der Waals surface area contributed by atoms with Crippen LogP contribution in [0.4, 0.5) is 17.3 Å². The number of thiophene rings is 1. The molecule has 4 rings (SSSR count). The number of carbonyl (C=O) groups excluding carboxylic acids is 1. The van der Waals surface area contributed by atoms with Crippen LogP contribution >= 0.6 is 23.3 Å². The highest BCUT2D eigenvalue weighted by Gasteiger charge is 2.12. The number of nitrogens with one attached hydrogen (secondary N) is 3. The summed E-state index contributed by atoms with van der Waals surface area (Å²) in [6, 6.07) is 17.1. The van der Waals surface area contributed by atoms with Gasteiger partial charge in [-0.05, 0) is 80.0 Å². The summed E-state index contributed by atoms with van der Waals surface area (Å²) in [5, 5.41) is 7.95. The van der Waals surface area contributed by atoms with E-state index in [1.54, 1.807) is 36.2 Å². The Kier molecular flexibility index (Phi) is 8.32. The summed E-state index contributed by atoms with van der Waals surface area (Å²) in [6.07, 6.45) is 1.22. The lowest BCUT2D eigenvalue weighted by Gasteiger charge is -2.11. The number of anilines is 3. The van der Waals surface area contributed by atoms with Crippen molar-refractivity contribution in [3.05, 3.63) is 72.6 Å². The third kappa shape index (κ3) is 7.03. The first-order chi connectivity index (χ1) is 17.0. The maximum atomic E-state index is 11.6. The highest BCUT2D eigenvalue weighted by atomic mass is 32.2. The Hall–Kier alpha value is -3.44. The second-order valence-corrected chi connectivity index (χ2v) is 9.64. The minimum Gasteiger partial charge on any atom is -0.437 e. The number of aromatic nitrogens is 2. The van der Waals surface area contributed by atoms with Crippen molar-refractivity contribution in [3.8, 4) is 11.6 Å². The van der Waals surface area contributed by atoms with E-state index >= 15 is 0 Å². The van der Waals surface area contributed by atoms with Gasteiger partial charge in [0.1, 0.15) is 10.4 Å². The monoisotopic (exact) mass is 506 g/mol. The molecule has 0 radical (unpaired) electrons. The van der Waals surface area contributed by atoms with Crippen LogP contribution in [0.5, 0.6) is 11.6 Å². The van der Waals surface area contributed by atoms with Gasteiger partial charge in [0.25, 0.3) is 0 Å². The van der Waals surface area contributed by atoms with E-state index in [0.717, 1.165) is 33.9 Å². The van der Waals surface area contributed by atoms with Crippen molar-refractivity contribution in [3.63, 3.8) is 0 Å². The SMILES string of the molecule is C=CC(=O)Nc1cccc(Oc2nc(Nc3ccc(SNCCN(C)C)cc3)nc3ccsc23)c1. The molecular weight excluding hydrogens is 480 g/mol. The third-order valence-electron chi connectivity index (χ3n) is 4.74. The first-order valence-corrected chi connectivity index (χ1v) is 12.6. The van der Waals surface area contributed by atoms with E-state index in [9.17, 15) is 4.79 Å². The molecule has 2 heterocycles. The molecule has 4 aromatic rings. The molecule has 0 aliphatic carbocycles. The molecule has 0 fully saturated rings. The van der Waals surface area contributed by atoms with E-state index in [2.05, 4.69) is 50.9 Å². The van der Waals surface area contributed by atoms with E-state index in [-0.39, 0.29) is 5.91 Å². The zero-order chi connectivity index (χ0) is 24.6. The highest BCUT2D eigenvalue weighted by Crippen LogP contribution is 2.33. The van der Waals surface area contributed by atoms with Gasteiger partial charge in [0.2, 0.25) is 17.7 Å². The third-order valence-corrected chi connectivity index (χ3v) is 6.48. The molecule has 3 N–H and O–H groups in total. The number of amides is 1. The average molecular weight is 507 g/mol. The number of fused-ring (bicyclic) bond motifs is 1. The Morgan fingerprint density at radius 1 is 1.14 bits per heavy atom. The van der Waals surface area contributed by atoms with Gasteiger partial charge >= 0.3 is 0 Å². The zero-order valence-electron chi connectivity index (χ0n) is 19.4. The standard InChI is InChI=1S/C25H26N6O2S2/c1-4-22(32)27-18-6-5-7-19(16-18)33-24-23-21(12-15-34-23)29-25(30-24)28-17-8-10-20(11-9-17)35-26-13-14-31(2)3/h4-12,15-16,26H,1,13-14H2,2-3H3,(H,27,32)(H,28,29,30). The number of rotatable bonds is 11. The molecule has 2 aromatic heterocycles. The molecule has 0 aliphatic heterocycles. The second kappa shape index (κ2) is 11.8. The predicted molar refractivity (Wildman–Crippen MR) is 145 cm³/mol. The molecule has 0 saturated heterocycles. The highest BCUT2D eigenvalue weighted by molar-refractivity contribution is 7.97. The summed E-state index contributed by atoms with van der Waals surface area (Å²) in [5.74, 6) is 1.14. The summed E-state index contributed by atoms with van der Waals surface area (Å²) in [5.41, 5.74) is 2.27. The fourth-order valence-corrected chi connectivity index (χ4v) is 4.43. The maximum Gasteiger partial charge on any atom is 0.247 e. The molecular formula is C25H26N6O2S2. The molecule has 0 bridgehead atoms. The molecule has 35 heavy (non-hydrogen) atoms. The second-order valence-electron chi connectivity index (χ2n) is 7.76. The van der Waals surface area contributed by atoms with Crippen LogP contribution < -0.4 is 20.1 Å². The van der Waals surface area contributed by atoms with Crippen LogP contribution in [0.25, 0.3) is 10.2 Å². The van der Waals surface area contributed by atoms with E-state index < -0.39 is 0 Å². The van der Waals surface area contributed by atoms with Crippen LogP contribution in [-0.2, 0) is 4.79 Å². The van der Waals surface area contributed by atoms with E-state index in [1.807, 2.05) is 35.7 Å². The summed E-state index contributed by atoms with van der Waals surface area (Å²) < 4.78 is 10.3. The average Bonchev–Trinajstić information content (AvgIpc) is 3.32. The topological polar surface area (TPSA) is 91.4 Å². The van der Waals surface area contributed by atoms with Gasteiger partial charge in [-0.1, -0.05) is 12.6 Å². The number of hydrogen-bond acceptors (Lipinski definition) is 9. The number of likely N-dealkylation sites (N-methyl/N-ethyl adjacent to an activating group) is 1. The first kappa shape index (κ1) is 24.7. The van der Waals surface area contributed by atoms with Gasteiger partial charge < -0.3 is 20.3 Å². The Bertz CT molecular complexity index is 1310. The quantitative estimate of drug-likeness (QED) is 0.139. The number of benzene rings is 2. The Morgan fingerprint density at radius 3 is 2.74 bits per heavy atom. The van der Waals surface area contributed by atoms with Gasteiger partial charge in [-0.25, -0.2) is 4.98 Å². The smallest absolute Gasteiger partial charge is 0.247 e. The van der Waals surface area contributed by atoms with Crippen LogP contribution in [0.2, 0.25) is 0 Å². The van der Waals surface area contributed by atoms with Crippen LogP contribution in [0.1, 0.15) is 0 Å². The van der Waals surface area contributed by atoms with Crippen molar-refractivity contribution < 1.29 is 9.53 Å².